The van der Waals surface area contributed by atoms with Crippen LogP contribution in [0.2, 0.25) is 5.28 Å². The number of halogens is 1. The van der Waals surface area contributed by atoms with Crippen LogP contribution in [-0.2, 0) is 17.8 Å². The second-order valence-electron chi connectivity index (χ2n) is 6.96. The van der Waals surface area contributed by atoms with Crippen molar-refractivity contribution in [1.82, 2.24) is 34.4 Å². The van der Waals surface area contributed by atoms with Crippen LogP contribution < -0.4 is 5.32 Å². The minimum Gasteiger partial charge on any atom is -0.379 e. The van der Waals surface area contributed by atoms with E-state index in [2.05, 4.69) is 35.1 Å². The average molecular weight is 443 g/mol. The number of anilines is 1. The first kappa shape index (κ1) is 21.5. The predicted molar refractivity (Wildman–Crippen MR) is 122 cm³/mol. The lowest BCUT2D eigenvalue weighted by atomic mass is 10.3. The number of ether oxygens (including phenoxy) is 1. The van der Waals surface area contributed by atoms with Crippen LogP contribution in [0.15, 0.2) is 30.6 Å². The van der Waals surface area contributed by atoms with E-state index in [0.29, 0.717) is 17.9 Å². The lowest BCUT2D eigenvalue weighted by Gasteiger charge is -2.26. The van der Waals surface area contributed by atoms with Crippen molar-refractivity contribution in [2.75, 3.05) is 38.2 Å². The molecule has 1 saturated heterocycles. The van der Waals surface area contributed by atoms with Crippen molar-refractivity contribution in [2.45, 2.75) is 26.9 Å². The lowest BCUT2D eigenvalue weighted by Crippen LogP contribution is -2.38. The van der Waals surface area contributed by atoms with Crippen molar-refractivity contribution in [2.24, 2.45) is 0 Å². The van der Waals surface area contributed by atoms with Crippen LogP contribution in [0.25, 0.3) is 22.2 Å². The van der Waals surface area contributed by atoms with E-state index in [9.17, 15) is 0 Å². The zero-order chi connectivity index (χ0) is 21.6. The Labute approximate surface area is 185 Å². The summed E-state index contributed by atoms with van der Waals surface area (Å²) in [7, 11) is 0. The quantitative estimate of drug-likeness (QED) is 0.442. The predicted octanol–water partition coefficient (Wildman–Crippen LogP) is 3.33. The monoisotopic (exact) mass is 442 g/mol. The Morgan fingerprint density at radius 1 is 1.10 bits per heavy atom. The van der Waals surface area contributed by atoms with Gasteiger partial charge in [0.1, 0.15) is 5.82 Å². The van der Waals surface area contributed by atoms with Gasteiger partial charge in [0, 0.05) is 26.2 Å². The molecular weight excluding hydrogens is 416 g/mol. The molecule has 9 nitrogen and oxygen atoms in total. The van der Waals surface area contributed by atoms with E-state index in [1.165, 1.54) is 0 Å². The number of hydrogen-bond donors (Lipinski definition) is 2. The smallest absolute Gasteiger partial charge is 0.226 e. The number of H-pyrrole nitrogens is 1. The number of nitrogens with zero attached hydrogens (tertiary/aromatic N) is 6. The van der Waals surface area contributed by atoms with Gasteiger partial charge in [-0.3, -0.25) is 4.90 Å². The molecule has 4 aromatic rings. The van der Waals surface area contributed by atoms with Gasteiger partial charge in [-0.05, 0) is 23.7 Å². The molecule has 31 heavy (non-hydrogen) atoms. The molecule has 164 valence electrons. The summed E-state index contributed by atoms with van der Waals surface area (Å²) in [6.45, 7) is 9.66. The zero-order valence-corrected chi connectivity index (χ0v) is 18.6. The molecule has 0 bridgehead atoms. The Kier molecular flexibility index (Phi) is 6.96. The van der Waals surface area contributed by atoms with Gasteiger partial charge in [0.05, 0.1) is 37.1 Å². The minimum absolute atomic E-state index is 0.192. The maximum absolute atomic E-state index is 6.19. The number of rotatable bonds is 6. The molecule has 4 heterocycles. The van der Waals surface area contributed by atoms with Crippen molar-refractivity contribution < 1.29 is 4.74 Å². The Hall–Kier alpha value is -2.75. The summed E-state index contributed by atoms with van der Waals surface area (Å²) in [6, 6.07) is 7.93. The van der Waals surface area contributed by atoms with E-state index in [1.54, 1.807) is 6.33 Å². The summed E-state index contributed by atoms with van der Waals surface area (Å²) in [5.74, 6) is 1.42. The molecule has 1 aromatic carbocycles. The van der Waals surface area contributed by atoms with E-state index >= 15 is 0 Å². The Bertz CT molecular complexity index is 1100. The number of imidazole rings is 2. The zero-order valence-electron chi connectivity index (χ0n) is 17.8. The number of nitrogens with one attached hydrogen (secondary N) is 2. The van der Waals surface area contributed by atoms with Crippen LogP contribution in [0, 0.1) is 0 Å². The number of aromatic amines is 1. The molecule has 5 rings (SSSR count). The topological polar surface area (TPSA) is 96.8 Å². The van der Waals surface area contributed by atoms with Gasteiger partial charge in [0.25, 0.3) is 0 Å². The van der Waals surface area contributed by atoms with Crippen molar-refractivity contribution in [3.8, 4) is 0 Å². The van der Waals surface area contributed by atoms with Gasteiger partial charge in [-0.15, -0.1) is 0 Å². The summed E-state index contributed by atoms with van der Waals surface area (Å²) < 4.78 is 7.42. The average Bonchev–Trinajstić information content (AvgIpc) is 3.42. The number of benzene rings is 1. The first-order valence-electron chi connectivity index (χ1n) is 10.6. The molecule has 1 aliphatic heterocycles. The molecule has 3 aromatic heterocycles. The van der Waals surface area contributed by atoms with E-state index in [0.717, 1.165) is 61.9 Å². The van der Waals surface area contributed by atoms with E-state index < -0.39 is 0 Å². The fourth-order valence-corrected chi connectivity index (χ4v) is 3.70. The maximum atomic E-state index is 6.19. The summed E-state index contributed by atoms with van der Waals surface area (Å²) in [5.41, 5.74) is 3.36. The largest absolute Gasteiger partial charge is 0.379 e. The van der Waals surface area contributed by atoms with Gasteiger partial charge >= 0.3 is 0 Å². The van der Waals surface area contributed by atoms with Gasteiger partial charge < -0.3 is 19.6 Å². The summed E-state index contributed by atoms with van der Waals surface area (Å²) in [6.07, 6.45) is 1.79. The third kappa shape index (κ3) is 4.95. The van der Waals surface area contributed by atoms with Gasteiger partial charge in [-0.25, -0.2) is 9.97 Å². The van der Waals surface area contributed by atoms with Crippen LogP contribution in [0.4, 0.5) is 5.82 Å². The SMILES string of the molecule is CC.Clc1nc(NCc2nc3ccccc3[nH]2)c2ncn(CCN3CCOCC3)c2n1. The Balaban J connectivity index is 0.00000112. The van der Waals surface area contributed by atoms with E-state index in [-0.39, 0.29) is 5.28 Å². The van der Waals surface area contributed by atoms with Crippen LogP contribution in [0.3, 0.4) is 0 Å². The highest BCUT2D eigenvalue weighted by molar-refractivity contribution is 6.28. The molecule has 10 heteroatoms. The third-order valence-electron chi connectivity index (χ3n) is 5.06. The number of hydrogen-bond acceptors (Lipinski definition) is 7. The second kappa shape index (κ2) is 10.0. The standard InChI is InChI=1S/C19H21ClN8O.C2H6/c20-19-25-17(21-11-15-23-13-3-1-2-4-14(13)24-15)16-18(26-19)28(12-22-16)6-5-27-7-9-29-10-8-27;1-2/h1-4,12H,5-11H2,(H,23,24)(H,21,25,26);1-2H3. The number of aromatic nitrogens is 6. The first-order valence-corrected chi connectivity index (χ1v) is 11.0. The molecule has 0 radical (unpaired) electrons. The Morgan fingerprint density at radius 2 is 1.90 bits per heavy atom. The molecule has 0 atom stereocenters. The fraction of sp³-hybridized carbons (Fsp3) is 0.429. The van der Waals surface area contributed by atoms with Crippen LogP contribution in [-0.4, -0.2) is 67.2 Å². The van der Waals surface area contributed by atoms with Crippen molar-refractivity contribution in [3.05, 3.63) is 41.7 Å². The van der Waals surface area contributed by atoms with Gasteiger partial charge in [0.15, 0.2) is 17.0 Å². The van der Waals surface area contributed by atoms with Crippen molar-refractivity contribution in [1.29, 1.82) is 0 Å². The molecule has 0 saturated carbocycles. The highest BCUT2D eigenvalue weighted by Gasteiger charge is 2.15. The third-order valence-corrected chi connectivity index (χ3v) is 5.23. The molecular formula is C21H27ClN8O. The van der Waals surface area contributed by atoms with E-state index in [1.807, 2.05) is 42.7 Å². The lowest BCUT2D eigenvalue weighted by molar-refractivity contribution is 0.0365. The van der Waals surface area contributed by atoms with Crippen molar-refractivity contribution in [3.63, 3.8) is 0 Å². The molecule has 0 amide bonds. The van der Waals surface area contributed by atoms with Crippen molar-refractivity contribution >= 4 is 39.6 Å². The molecule has 1 aliphatic rings. The van der Waals surface area contributed by atoms with Crippen LogP contribution >= 0.6 is 11.6 Å². The van der Waals surface area contributed by atoms with Gasteiger partial charge in [-0.2, -0.15) is 9.97 Å². The second-order valence-corrected chi connectivity index (χ2v) is 7.30. The summed E-state index contributed by atoms with van der Waals surface area (Å²) in [4.78, 5) is 23.5. The van der Waals surface area contributed by atoms with Crippen LogP contribution in [0.5, 0.6) is 0 Å². The molecule has 0 aliphatic carbocycles. The molecule has 1 fully saturated rings. The van der Waals surface area contributed by atoms with Crippen LogP contribution in [0.1, 0.15) is 19.7 Å². The Morgan fingerprint density at radius 3 is 2.71 bits per heavy atom. The highest BCUT2D eigenvalue weighted by atomic mass is 35.5. The minimum atomic E-state index is 0.192. The number of morpholine rings is 1. The maximum Gasteiger partial charge on any atom is 0.226 e. The fourth-order valence-electron chi connectivity index (χ4n) is 3.54. The highest BCUT2D eigenvalue weighted by Crippen LogP contribution is 2.22. The molecule has 0 spiro atoms. The molecule has 0 unspecified atom stereocenters. The normalized spacial score (nSPS) is 14.5. The molecule has 2 N–H and O–H groups in total. The number of fused-ring (bicyclic) bond motifs is 2. The van der Waals surface area contributed by atoms with Gasteiger partial charge in [-0.1, -0.05) is 26.0 Å². The summed E-state index contributed by atoms with van der Waals surface area (Å²) >= 11 is 6.19. The van der Waals surface area contributed by atoms with E-state index in [4.69, 9.17) is 16.3 Å². The summed E-state index contributed by atoms with van der Waals surface area (Å²) in [5, 5.41) is 3.48. The van der Waals surface area contributed by atoms with Gasteiger partial charge in [0.2, 0.25) is 5.28 Å². The first-order chi connectivity index (χ1) is 15.3. The number of para-hydroxylation sites is 2.